The number of aryl methyl sites for hydroxylation is 2. The van der Waals surface area contributed by atoms with Gasteiger partial charge in [0.1, 0.15) is 5.76 Å². The quantitative estimate of drug-likeness (QED) is 0.599. The Balaban J connectivity index is 2.31. The first-order valence-corrected chi connectivity index (χ1v) is 10.2. The summed E-state index contributed by atoms with van der Waals surface area (Å²) in [6.07, 6.45) is 0.691. The first-order chi connectivity index (χ1) is 13.4. The number of carbonyl (C=O) groups is 2. The van der Waals surface area contributed by atoms with Crippen LogP contribution >= 0.6 is 11.6 Å². The highest BCUT2D eigenvalue weighted by Crippen LogP contribution is 2.47. The number of benzene rings is 2. The Morgan fingerprint density at radius 1 is 0.931 bits per heavy atom. The highest BCUT2D eigenvalue weighted by molar-refractivity contribution is 6.34. The molecule has 0 aromatic heterocycles. The molecule has 0 saturated heterocycles. The van der Waals surface area contributed by atoms with Gasteiger partial charge in [-0.25, -0.2) is 0 Å². The molecule has 0 fully saturated rings. The summed E-state index contributed by atoms with van der Waals surface area (Å²) in [6, 6.07) is 11.7. The fourth-order valence-corrected chi connectivity index (χ4v) is 4.46. The van der Waals surface area contributed by atoms with E-state index in [0.29, 0.717) is 17.0 Å². The molecular formula is C25H27ClO3. The first kappa shape index (κ1) is 21.3. The fraction of sp³-hybridized carbons (Fsp3) is 0.360. The van der Waals surface area contributed by atoms with Gasteiger partial charge in [-0.15, -0.1) is 0 Å². The van der Waals surface area contributed by atoms with Crippen molar-refractivity contribution in [3.05, 3.63) is 63.9 Å². The van der Waals surface area contributed by atoms with Gasteiger partial charge in [-0.05, 0) is 75.4 Å². The Kier molecular flexibility index (Phi) is 5.25. The molecule has 0 unspecified atom stereocenters. The molecule has 0 atom stereocenters. The highest BCUT2D eigenvalue weighted by Gasteiger charge is 2.53. The predicted octanol–water partition coefficient (Wildman–Crippen LogP) is 6.35. The summed E-state index contributed by atoms with van der Waals surface area (Å²) in [5.41, 5.74) is 2.30. The number of ketones is 2. The van der Waals surface area contributed by atoms with Crippen molar-refractivity contribution < 1.29 is 14.7 Å². The number of halogens is 1. The lowest BCUT2D eigenvalue weighted by atomic mass is 9.62. The zero-order chi connectivity index (χ0) is 21.7. The number of aliphatic hydroxyl groups excluding tert-OH is 1. The first-order valence-electron chi connectivity index (χ1n) is 9.86. The van der Waals surface area contributed by atoms with Crippen molar-refractivity contribution in [2.24, 2.45) is 10.8 Å². The van der Waals surface area contributed by atoms with Crippen molar-refractivity contribution in [2.45, 2.75) is 48.0 Å². The SMILES string of the molecule is CCc1ccc(-c2ccc(C)cc2Cl)cc1C1=C(O)C(C)(C)C(=O)C(C)(C)C1=O. The van der Waals surface area contributed by atoms with Crippen molar-refractivity contribution in [1.82, 2.24) is 0 Å². The summed E-state index contributed by atoms with van der Waals surface area (Å²) in [7, 11) is 0. The Labute approximate surface area is 177 Å². The summed E-state index contributed by atoms with van der Waals surface area (Å²) in [6.45, 7) is 10.6. The lowest BCUT2D eigenvalue weighted by molar-refractivity contribution is -0.143. The van der Waals surface area contributed by atoms with Crippen LogP contribution in [0.5, 0.6) is 0 Å². The molecule has 3 nitrogen and oxygen atoms in total. The van der Waals surface area contributed by atoms with Gasteiger partial charge in [0.15, 0.2) is 11.6 Å². The maximum atomic E-state index is 13.3. The summed E-state index contributed by atoms with van der Waals surface area (Å²) < 4.78 is 0. The van der Waals surface area contributed by atoms with Gasteiger partial charge >= 0.3 is 0 Å². The van der Waals surface area contributed by atoms with Gasteiger partial charge in [0.2, 0.25) is 0 Å². The molecule has 1 N–H and O–H groups in total. The predicted molar refractivity (Wildman–Crippen MR) is 118 cm³/mol. The van der Waals surface area contributed by atoms with Crippen molar-refractivity contribution in [2.75, 3.05) is 0 Å². The highest BCUT2D eigenvalue weighted by atomic mass is 35.5. The van der Waals surface area contributed by atoms with E-state index in [1.165, 1.54) is 0 Å². The van der Waals surface area contributed by atoms with E-state index in [-0.39, 0.29) is 22.9 Å². The van der Waals surface area contributed by atoms with Crippen LogP contribution in [0.15, 0.2) is 42.2 Å². The number of carbonyl (C=O) groups excluding carboxylic acids is 2. The molecule has 0 bridgehead atoms. The van der Waals surface area contributed by atoms with Crippen LogP contribution in [0.1, 0.15) is 51.3 Å². The molecule has 152 valence electrons. The molecule has 0 amide bonds. The van der Waals surface area contributed by atoms with Gasteiger partial charge in [0.05, 0.1) is 16.4 Å². The molecule has 0 radical (unpaired) electrons. The van der Waals surface area contributed by atoms with Crippen LogP contribution in [0, 0.1) is 17.8 Å². The van der Waals surface area contributed by atoms with Crippen molar-refractivity contribution in [3.8, 4) is 11.1 Å². The van der Waals surface area contributed by atoms with Crippen LogP contribution in [0.4, 0.5) is 0 Å². The second kappa shape index (κ2) is 7.14. The normalized spacial score (nSPS) is 18.3. The lowest BCUT2D eigenvalue weighted by Crippen LogP contribution is -2.48. The van der Waals surface area contributed by atoms with Crippen LogP contribution in [0.25, 0.3) is 16.7 Å². The van der Waals surface area contributed by atoms with Gasteiger partial charge in [0, 0.05) is 10.6 Å². The Bertz CT molecular complexity index is 1060. The molecule has 1 aliphatic rings. The minimum absolute atomic E-state index is 0.159. The molecule has 2 aromatic carbocycles. The Morgan fingerprint density at radius 2 is 1.59 bits per heavy atom. The molecule has 29 heavy (non-hydrogen) atoms. The molecule has 0 spiro atoms. The van der Waals surface area contributed by atoms with Crippen molar-refractivity contribution in [3.63, 3.8) is 0 Å². The molecule has 0 saturated carbocycles. The number of Topliss-reactive ketones (excluding diaryl/α,β-unsaturated/α-hetero) is 2. The standard InChI is InChI=1S/C25H27ClO3/c1-7-15-9-10-16(17-11-8-14(2)12-19(17)26)13-18(15)20-21(27)24(3,4)23(29)25(5,6)22(20)28/h8-13,27H,7H2,1-6H3. The molecule has 1 aliphatic carbocycles. The number of rotatable bonds is 3. The van der Waals surface area contributed by atoms with Crippen LogP contribution < -0.4 is 0 Å². The van der Waals surface area contributed by atoms with E-state index in [0.717, 1.165) is 22.3 Å². The molecule has 0 aliphatic heterocycles. The molecule has 3 rings (SSSR count). The second-order valence-corrected chi connectivity index (χ2v) is 9.25. The molecule has 0 heterocycles. The van der Waals surface area contributed by atoms with E-state index in [1.807, 2.05) is 50.2 Å². The zero-order valence-corrected chi connectivity index (χ0v) is 18.6. The van der Waals surface area contributed by atoms with Crippen molar-refractivity contribution >= 4 is 28.7 Å². The summed E-state index contributed by atoms with van der Waals surface area (Å²) in [4.78, 5) is 26.2. The minimum Gasteiger partial charge on any atom is -0.510 e. The fourth-order valence-electron chi connectivity index (χ4n) is 4.11. The third-order valence-corrected chi connectivity index (χ3v) is 6.27. The topological polar surface area (TPSA) is 54.4 Å². The van der Waals surface area contributed by atoms with E-state index in [4.69, 9.17) is 11.6 Å². The van der Waals surface area contributed by atoms with E-state index in [9.17, 15) is 14.7 Å². The second-order valence-electron chi connectivity index (χ2n) is 8.84. The monoisotopic (exact) mass is 410 g/mol. The van der Waals surface area contributed by atoms with Crippen LogP contribution in [0.3, 0.4) is 0 Å². The van der Waals surface area contributed by atoms with Crippen LogP contribution in [-0.4, -0.2) is 16.7 Å². The number of aliphatic hydroxyl groups is 1. The van der Waals surface area contributed by atoms with Crippen LogP contribution in [-0.2, 0) is 16.0 Å². The maximum absolute atomic E-state index is 13.3. The van der Waals surface area contributed by atoms with Gasteiger partial charge in [0.25, 0.3) is 0 Å². The zero-order valence-electron chi connectivity index (χ0n) is 17.8. The molecular weight excluding hydrogens is 384 g/mol. The average molecular weight is 411 g/mol. The summed E-state index contributed by atoms with van der Waals surface area (Å²) in [5.74, 6) is -0.776. The van der Waals surface area contributed by atoms with E-state index in [2.05, 4.69) is 0 Å². The average Bonchev–Trinajstić information content (AvgIpc) is 2.66. The van der Waals surface area contributed by atoms with E-state index >= 15 is 0 Å². The van der Waals surface area contributed by atoms with Gasteiger partial charge in [-0.1, -0.05) is 42.8 Å². The van der Waals surface area contributed by atoms with E-state index in [1.54, 1.807) is 27.7 Å². The lowest BCUT2D eigenvalue weighted by Gasteiger charge is -2.38. The largest absolute Gasteiger partial charge is 0.510 e. The summed E-state index contributed by atoms with van der Waals surface area (Å²) in [5, 5.41) is 11.6. The number of hydrogen-bond acceptors (Lipinski definition) is 3. The Morgan fingerprint density at radius 3 is 2.17 bits per heavy atom. The van der Waals surface area contributed by atoms with Gasteiger partial charge in [-0.2, -0.15) is 0 Å². The third-order valence-electron chi connectivity index (χ3n) is 5.95. The summed E-state index contributed by atoms with van der Waals surface area (Å²) >= 11 is 6.47. The van der Waals surface area contributed by atoms with Gasteiger partial charge in [-0.3, -0.25) is 9.59 Å². The number of hydrogen-bond donors (Lipinski definition) is 1. The molecule has 2 aromatic rings. The third kappa shape index (κ3) is 3.32. The van der Waals surface area contributed by atoms with E-state index < -0.39 is 10.8 Å². The smallest absolute Gasteiger partial charge is 0.179 e. The maximum Gasteiger partial charge on any atom is 0.179 e. The minimum atomic E-state index is -1.20. The van der Waals surface area contributed by atoms with Crippen molar-refractivity contribution in [1.29, 1.82) is 0 Å². The Hall–Kier alpha value is -2.39. The van der Waals surface area contributed by atoms with Gasteiger partial charge < -0.3 is 5.11 Å². The number of allylic oxidation sites excluding steroid dienone is 2. The van der Waals surface area contributed by atoms with Crippen LogP contribution in [0.2, 0.25) is 5.02 Å². The molecule has 4 heteroatoms.